The predicted octanol–water partition coefficient (Wildman–Crippen LogP) is 2.91. The average molecular weight is 203 g/mol. The van der Waals surface area contributed by atoms with Crippen LogP contribution in [0.1, 0.15) is 40.0 Å². The van der Waals surface area contributed by atoms with Gasteiger partial charge in [0.05, 0.1) is 0 Å². The fraction of sp³-hybridized carbons (Fsp3) is 1.00. The highest BCUT2D eigenvalue weighted by Gasteiger charge is 2.59. The first-order chi connectivity index (χ1) is 6.23. The quantitative estimate of drug-likeness (QED) is 0.585. The first-order valence-corrected chi connectivity index (χ1v) is 5.36. The van der Waals surface area contributed by atoms with E-state index in [0.717, 1.165) is 19.5 Å². The van der Waals surface area contributed by atoms with Crippen molar-refractivity contribution in [2.75, 3.05) is 13.1 Å². The summed E-state index contributed by atoms with van der Waals surface area (Å²) < 4.78 is 25.7. The van der Waals surface area contributed by atoms with Crippen LogP contribution in [0.15, 0.2) is 0 Å². The summed E-state index contributed by atoms with van der Waals surface area (Å²) in [5.74, 6) is -2.37. The van der Waals surface area contributed by atoms with Gasteiger partial charge in [-0.25, -0.2) is 8.78 Å². The normalized spacial score (nSPS) is 30.6. The smallest absolute Gasteiger partial charge is 0.249 e. The topological polar surface area (TPSA) is 3.24 Å². The second-order valence-corrected chi connectivity index (χ2v) is 6.05. The molecule has 14 heavy (non-hydrogen) atoms. The number of hydrogen-bond donors (Lipinski definition) is 0. The van der Waals surface area contributed by atoms with Crippen molar-refractivity contribution >= 4 is 0 Å². The summed E-state index contributed by atoms with van der Waals surface area (Å²) in [5, 5.41) is 0. The summed E-state index contributed by atoms with van der Waals surface area (Å²) in [7, 11) is 0. The van der Waals surface area contributed by atoms with E-state index in [-0.39, 0.29) is 23.8 Å². The van der Waals surface area contributed by atoms with Gasteiger partial charge in [-0.05, 0) is 39.2 Å². The molecular formula is C11H19F2N. The highest BCUT2D eigenvalue weighted by molar-refractivity contribution is 5.05. The van der Waals surface area contributed by atoms with Gasteiger partial charge in [0.2, 0.25) is 5.92 Å². The van der Waals surface area contributed by atoms with Crippen LogP contribution < -0.4 is 0 Å². The lowest BCUT2D eigenvalue weighted by molar-refractivity contribution is -0.157. The Bertz CT molecular complexity index is 234. The molecule has 82 valence electrons. The van der Waals surface area contributed by atoms with E-state index in [2.05, 4.69) is 25.7 Å². The molecule has 3 heteroatoms. The monoisotopic (exact) mass is 203 g/mol. The van der Waals surface area contributed by atoms with Crippen LogP contribution in [-0.4, -0.2) is 29.5 Å². The summed E-state index contributed by atoms with van der Waals surface area (Å²) in [4.78, 5) is 2.34. The van der Waals surface area contributed by atoms with Crippen molar-refractivity contribution in [3.63, 3.8) is 0 Å². The van der Waals surface area contributed by atoms with Gasteiger partial charge in [0.25, 0.3) is 0 Å². The van der Waals surface area contributed by atoms with E-state index in [1.807, 2.05) is 0 Å². The molecule has 0 amide bonds. The van der Waals surface area contributed by atoms with E-state index >= 15 is 0 Å². The van der Waals surface area contributed by atoms with E-state index in [9.17, 15) is 8.78 Å². The first-order valence-electron chi connectivity index (χ1n) is 5.36. The van der Waals surface area contributed by atoms with Crippen LogP contribution in [0.25, 0.3) is 0 Å². The highest BCUT2D eigenvalue weighted by Crippen LogP contribution is 2.57. The summed E-state index contributed by atoms with van der Waals surface area (Å²) in [6.45, 7) is 8.32. The van der Waals surface area contributed by atoms with Gasteiger partial charge >= 0.3 is 0 Å². The maximum absolute atomic E-state index is 12.8. The minimum absolute atomic E-state index is 0.0449. The molecule has 0 radical (unpaired) electrons. The Morgan fingerprint density at radius 3 is 2.07 bits per heavy atom. The SMILES string of the molecule is CC(C)(C)N1CCC2(C1)CC(F)(F)C2. The zero-order valence-corrected chi connectivity index (χ0v) is 9.24. The summed E-state index contributed by atoms with van der Waals surface area (Å²) in [6, 6.07) is 0. The molecule has 1 nitrogen and oxygen atoms in total. The molecule has 2 aliphatic rings. The molecule has 1 saturated heterocycles. The van der Waals surface area contributed by atoms with Crippen molar-refractivity contribution in [3.05, 3.63) is 0 Å². The highest BCUT2D eigenvalue weighted by atomic mass is 19.3. The van der Waals surface area contributed by atoms with Crippen molar-refractivity contribution in [2.24, 2.45) is 5.41 Å². The molecule has 0 aromatic heterocycles. The number of hydrogen-bond acceptors (Lipinski definition) is 1. The van der Waals surface area contributed by atoms with Crippen LogP contribution in [0, 0.1) is 5.41 Å². The van der Waals surface area contributed by atoms with Gasteiger partial charge < -0.3 is 0 Å². The molecule has 0 atom stereocenters. The maximum atomic E-state index is 12.8. The second-order valence-electron chi connectivity index (χ2n) is 6.05. The fourth-order valence-electron chi connectivity index (χ4n) is 2.84. The third kappa shape index (κ3) is 1.67. The molecule has 1 heterocycles. The third-order valence-corrected chi connectivity index (χ3v) is 3.65. The Hall–Kier alpha value is -0.180. The van der Waals surface area contributed by atoms with Crippen LogP contribution in [0.4, 0.5) is 8.78 Å². The van der Waals surface area contributed by atoms with Crippen LogP contribution in [-0.2, 0) is 0 Å². The van der Waals surface area contributed by atoms with Crippen molar-refractivity contribution < 1.29 is 8.78 Å². The van der Waals surface area contributed by atoms with E-state index in [0.29, 0.717) is 0 Å². The van der Waals surface area contributed by atoms with Crippen LogP contribution in [0.5, 0.6) is 0 Å². The summed E-state index contributed by atoms with van der Waals surface area (Å²) in [6.07, 6.45) is 1.19. The van der Waals surface area contributed by atoms with Crippen LogP contribution >= 0.6 is 0 Å². The lowest BCUT2D eigenvalue weighted by Gasteiger charge is -2.45. The number of nitrogens with zero attached hydrogens (tertiary/aromatic N) is 1. The predicted molar refractivity (Wildman–Crippen MR) is 52.6 cm³/mol. The molecule has 2 rings (SSSR count). The van der Waals surface area contributed by atoms with Gasteiger partial charge in [-0.15, -0.1) is 0 Å². The Morgan fingerprint density at radius 1 is 1.14 bits per heavy atom. The standard InChI is InChI=1S/C11H19F2N/c1-9(2,3)14-5-4-10(8-14)6-11(12,13)7-10/h4-8H2,1-3H3. The van der Waals surface area contributed by atoms with Gasteiger partial charge in [-0.1, -0.05) is 0 Å². The Kier molecular flexibility index (Phi) is 1.98. The number of likely N-dealkylation sites (tertiary alicyclic amines) is 1. The summed E-state index contributed by atoms with van der Waals surface area (Å²) >= 11 is 0. The third-order valence-electron chi connectivity index (χ3n) is 3.65. The maximum Gasteiger partial charge on any atom is 0.249 e. The molecule has 1 spiro atoms. The average Bonchev–Trinajstić information content (AvgIpc) is 2.27. The van der Waals surface area contributed by atoms with E-state index in [1.54, 1.807) is 0 Å². The van der Waals surface area contributed by atoms with Gasteiger partial charge in [0.15, 0.2) is 0 Å². The molecule has 0 bridgehead atoms. The molecule has 1 aliphatic carbocycles. The minimum atomic E-state index is -2.37. The van der Waals surface area contributed by atoms with Crippen molar-refractivity contribution in [2.45, 2.75) is 51.5 Å². The first kappa shape index (κ1) is 10.3. The van der Waals surface area contributed by atoms with Gasteiger partial charge in [0, 0.05) is 24.9 Å². The largest absolute Gasteiger partial charge is 0.298 e. The molecular weight excluding hydrogens is 184 g/mol. The molecule has 0 unspecified atom stereocenters. The van der Waals surface area contributed by atoms with Crippen molar-refractivity contribution in [1.29, 1.82) is 0 Å². The Balaban J connectivity index is 1.97. The van der Waals surface area contributed by atoms with Gasteiger partial charge in [0.1, 0.15) is 0 Å². The van der Waals surface area contributed by atoms with Crippen LogP contribution in [0.3, 0.4) is 0 Å². The Morgan fingerprint density at radius 2 is 1.71 bits per heavy atom. The summed E-state index contributed by atoms with van der Waals surface area (Å²) in [5.41, 5.74) is 0.0884. The van der Waals surface area contributed by atoms with E-state index < -0.39 is 5.92 Å². The zero-order valence-electron chi connectivity index (χ0n) is 9.24. The van der Waals surface area contributed by atoms with E-state index in [1.165, 1.54) is 0 Å². The van der Waals surface area contributed by atoms with Gasteiger partial charge in [-0.2, -0.15) is 0 Å². The van der Waals surface area contributed by atoms with Crippen LogP contribution in [0.2, 0.25) is 0 Å². The number of halogens is 2. The zero-order chi connectivity index (χ0) is 10.6. The van der Waals surface area contributed by atoms with Crippen molar-refractivity contribution in [1.82, 2.24) is 4.90 Å². The molecule has 0 N–H and O–H groups in total. The van der Waals surface area contributed by atoms with Gasteiger partial charge in [-0.3, -0.25) is 4.90 Å². The molecule has 0 aromatic rings. The second kappa shape index (κ2) is 2.69. The molecule has 2 fully saturated rings. The fourth-order valence-corrected chi connectivity index (χ4v) is 2.84. The Labute approximate surface area is 84.5 Å². The number of alkyl halides is 2. The number of rotatable bonds is 0. The molecule has 1 aliphatic heterocycles. The molecule has 1 saturated carbocycles. The lowest BCUT2D eigenvalue weighted by atomic mass is 9.65. The lowest BCUT2D eigenvalue weighted by Crippen LogP contribution is -2.49. The minimum Gasteiger partial charge on any atom is -0.298 e. The van der Waals surface area contributed by atoms with Crippen molar-refractivity contribution in [3.8, 4) is 0 Å². The molecule has 0 aromatic carbocycles. The van der Waals surface area contributed by atoms with E-state index in [4.69, 9.17) is 0 Å².